The van der Waals surface area contributed by atoms with Gasteiger partial charge in [0.2, 0.25) is 0 Å². The molecule has 0 bridgehead atoms. The Morgan fingerprint density at radius 1 is 1.08 bits per heavy atom. The van der Waals surface area contributed by atoms with E-state index in [0.717, 1.165) is 0 Å². The van der Waals surface area contributed by atoms with Gasteiger partial charge >= 0.3 is 5.97 Å². The molecular formula is C16H20N2O6. The monoisotopic (exact) mass is 336 g/mol. The fourth-order valence-electron chi connectivity index (χ4n) is 1.85. The molecule has 0 unspecified atom stereocenters. The van der Waals surface area contributed by atoms with Crippen LogP contribution in [-0.4, -0.2) is 58.3 Å². The minimum atomic E-state index is -0.727. The van der Waals surface area contributed by atoms with Crippen LogP contribution in [0.1, 0.15) is 16.8 Å². The molecule has 8 nitrogen and oxygen atoms in total. The molecule has 1 aromatic carbocycles. The molecule has 130 valence electrons. The Morgan fingerprint density at radius 3 is 2.21 bits per heavy atom. The van der Waals surface area contributed by atoms with Crippen LogP contribution in [0.4, 0.5) is 0 Å². The number of carbonyl (C=O) groups is 2. The second-order valence-corrected chi connectivity index (χ2v) is 4.71. The molecule has 0 fully saturated rings. The molecule has 0 N–H and O–H groups in total. The third-order valence-corrected chi connectivity index (χ3v) is 3.24. The quantitative estimate of drug-likeness (QED) is 0.659. The first-order valence-electron chi connectivity index (χ1n) is 7.06. The number of rotatable bonds is 8. The van der Waals surface area contributed by atoms with E-state index < -0.39 is 18.5 Å². The van der Waals surface area contributed by atoms with Crippen LogP contribution < -0.4 is 14.2 Å². The fraction of sp³-hybridized carbons (Fsp3) is 0.438. The minimum Gasteiger partial charge on any atom is -0.496 e. The molecule has 24 heavy (non-hydrogen) atoms. The van der Waals surface area contributed by atoms with Crippen molar-refractivity contribution in [2.45, 2.75) is 6.42 Å². The van der Waals surface area contributed by atoms with Crippen molar-refractivity contribution in [1.82, 2.24) is 4.90 Å². The Balaban J connectivity index is 2.84. The van der Waals surface area contributed by atoms with Crippen molar-refractivity contribution in [1.29, 1.82) is 5.26 Å². The normalized spacial score (nSPS) is 9.62. The van der Waals surface area contributed by atoms with E-state index in [2.05, 4.69) is 0 Å². The minimum absolute atomic E-state index is 0.114. The van der Waals surface area contributed by atoms with E-state index in [0.29, 0.717) is 11.5 Å². The zero-order chi connectivity index (χ0) is 18.1. The van der Waals surface area contributed by atoms with Crippen molar-refractivity contribution in [3.63, 3.8) is 0 Å². The summed E-state index contributed by atoms with van der Waals surface area (Å²) in [7, 11) is 5.83. The lowest BCUT2D eigenvalue weighted by Gasteiger charge is -2.16. The van der Waals surface area contributed by atoms with Gasteiger partial charge in [-0.05, 0) is 0 Å². The molecular weight excluding hydrogens is 316 g/mol. The molecule has 1 amide bonds. The summed E-state index contributed by atoms with van der Waals surface area (Å²) in [4.78, 5) is 25.4. The number of ether oxygens (including phenoxy) is 4. The van der Waals surface area contributed by atoms with Gasteiger partial charge in [-0.2, -0.15) is 5.26 Å². The van der Waals surface area contributed by atoms with E-state index in [-0.39, 0.29) is 24.3 Å². The second kappa shape index (κ2) is 9.25. The summed E-state index contributed by atoms with van der Waals surface area (Å²) in [6.07, 6.45) is 0.208. The van der Waals surface area contributed by atoms with Gasteiger partial charge in [-0.15, -0.1) is 0 Å². The van der Waals surface area contributed by atoms with Crippen LogP contribution in [0.3, 0.4) is 0 Å². The molecule has 0 aromatic heterocycles. The van der Waals surface area contributed by atoms with Crippen LogP contribution in [0.15, 0.2) is 12.1 Å². The molecule has 0 aliphatic rings. The highest BCUT2D eigenvalue weighted by Crippen LogP contribution is 2.34. The Bertz CT molecular complexity index is 638. The lowest BCUT2D eigenvalue weighted by Crippen LogP contribution is -2.32. The maximum atomic E-state index is 12.2. The SMILES string of the molecule is COc1cc(OC)c(C(=O)OCC(=O)N(C)CCC#N)cc1OC. The molecule has 0 saturated carbocycles. The Hall–Kier alpha value is -2.95. The van der Waals surface area contributed by atoms with Crippen molar-refractivity contribution in [3.05, 3.63) is 17.7 Å². The third-order valence-electron chi connectivity index (χ3n) is 3.24. The summed E-state index contributed by atoms with van der Waals surface area (Å²) in [5.74, 6) is -0.156. The lowest BCUT2D eigenvalue weighted by atomic mass is 10.1. The number of nitriles is 1. The van der Waals surface area contributed by atoms with E-state index in [1.165, 1.54) is 45.4 Å². The molecule has 0 aliphatic carbocycles. The van der Waals surface area contributed by atoms with Crippen LogP contribution in [0, 0.1) is 11.3 Å². The van der Waals surface area contributed by atoms with Gasteiger partial charge in [-0.25, -0.2) is 4.79 Å². The molecule has 0 saturated heterocycles. The molecule has 0 aliphatic heterocycles. The van der Waals surface area contributed by atoms with E-state index in [1.54, 1.807) is 0 Å². The van der Waals surface area contributed by atoms with Gasteiger partial charge in [0.1, 0.15) is 11.3 Å². The van der Waals surface area contributed by atoms with E-state index in [1.807, 2.05) is 6.07 Å². The van der Waals surface area contributed by atoms with Crippen molar-refractivity contribution in [3.8, 4) is 23.3 Å². The summed E-state index contributed by atoms with van der Waals surface area (Å²) in [5.41, 5.74) is 0.114. The molecule has 0 spiro atoms. The summed E-state index contributed by atoms with van der Waals surface area (Å²) < 4.78 is 20.4. The Kier molecular flexibility index (Phi) is 7.36. The largest absolute Gasteiger partial charge is 0.496 e. The summed E-state index contributed by atoms with van der Waals surface area (Å²) >= 11 is 0. The highest BCUT2D eigenvalue weighted by atomic mass is 16.5. The molecule has 8 heteroatoms. The van der Waals surface area contributed by atoms with Crippen molar-refractivity contribution < 1.29 is 28.5 Å². The summed E-state index contributed by atoms with van der Waals surface area (Å²) in [6.45, 7) is -0.162. The van der Waals surface area contributed by atoms with Gasteiger partial charge in [-0.3, -0.25) is 4.79 Å². The van der Waals surface area contributed by atoms with Crippen molar-refractivity contribution in [2.75, 3.05) is 41.5 Å². The first-order chi connectivity index (χ1) is 11.5. The Morgan fingerprint density at radius 2 is 1.67 bits per heavy atom. The molecule has 1 rings (SSSR count). The number of methoxy groups -OCH3 is 3. The van der Waals surface area contributed by atoms with E-state index >= 15 is 0 Å². The smallest absolute Gasteiger partial charge is 0.342 e. The van der Waals surface area contributed by atoms with Gasteiger partial charge < -0.3 is 23.8 Å². The fourth-order valence-corrected chi connectivity index (χ4v) is 1.85. The maximum absolute atomic E-state index is 12.2. The number of benzene rings is 1. The third kappa shape index (κ3) is 4.78. The summed E-state index contributed by atoms with van der Waals surface area (Å²) in [6, 6.07) is 4.86. The first-order valence-corrected chi connectivity index (χ1v) is 7.06. The number of esters is 1. The number of carbonyl (C=O) groups excluding carboxylic acids is 2. The van der Waals surface area contributed by atoms with Crippen LogP contribution in [-0.2, 0) is 9.53 Å². The molecule has 0 radical (unpaired) electrons. The van der Waals surface area contributed by atoms with Crippen molar-refractivity contribution >= 4 is 11.9 Å². The van der Waals surface area contributed by atoms with Gasteiger partial charge in [0.25, 0.3) is 5.91 Å². The predicted octanol–water partition coefficient (Wildman–Crippen LogP) is 1.24. The number of hydrogen-bond acceptors (Lipinski definition) is 7. The topological polar surface area (TPSA) is 98.1 Å². The number of hydrogen-bond donors (Lipinski definition) is 0. The van der Waals surface area contributed by atoms with Crippen LogP contribution in [0.5, 0.6) is 17.2 Å². The predicted molar refractivity (Wildman–Crippen MR) is 84.2 cm³/mol. The summed E-state index contributed by atoms with van der Waals surface area (Å²) in [5, 5.41) is 8.50. The lowest BCUT2D eigenvalue weighted by molar-refractivity contribution is -0.133. The van der Waals surface area contributed by atoms with E-state index in [9.17, 15) is 9.59 Å². The van der Waals surface area contributed by atoms with Crippen LogP contribution >= 0.6 is 0 Å². The zero-order valence-corrected chi connectivity index (χ0v) is 14.1. The number of amides is 1. The van der Waals surface area contributed by atoms with Crippen LogP contribution in [0.2, 0.25) is 0 Å². The molecule has 1 aromatic rings. The maximum Gasteiger partial charge on any atom is 0.342 e. The Labute approximate surface area is 140 Å². The van der Waals surface area contributed by atoms with Gasteiger partial charge in [0.05, 0.1) is 33.8 Å². The average Bonchev–Trinajstić information content (AvgIpc) is 2.62. The molecule has 0 atom stereocenters. The average molecular weight is 336 g/mol. The second-order valence-electron chi connectivity index (χ2n) is 4.71. The standard InChI is InChI=1S/C16H20N2O6/c1-18(7-5-6-17)15(19)10-24-16(20)11-8-13(22-3)14(23-4)9-12(11)21-2/h8-9H,5,7,10H2,1-4H3. The highest BCUT2D eigenvalue weighted by molar-refractivity contribution is 5.95. The zero-order valence-electron chi connectivity index (χ0n) is 14.1. The number of nitrogens with zero attached hydrogens (tertiary/aromatic N) is 2. The van der Waals surface area contributed by atoms with Gasteiger partial charge in [0, 0.05) is 25.7 Å². The first kappa shape index (κ1) is 19.1. The molecule has 0 heterocycles. The van der Waals surface area contributed by atoms with Crippen molar-refractivity contribution in [2.24, 2.45) is 0 Å². The van der Waals surface area contributed by atoms with E-state index in [4.69, 9.17) is 24.2 Å². The van der Waals surface area contributed by atoms with Gasteiger partial charge in [-0.1, -0.05) is 0 Å². The highest BCUT2D eigenvalue weighted by Gasteiger charge is 2.20. The van der Waals surface area contributed by atoms with Crippen LogP contribution in [0.25, 0.3) is 0 Å². The number of likely N-dealkylation sites (N-methyl/N-ethyl adjacent to an activating group) is 1. The van der Waals surface area contributed by atoms with Gasteiger partial charge in [0.15, 0.2) is 18.1 Å².